The number of rotatable bonds is 7. The largest absolute Gasteiger partial charge is 0.436 e. The molecular weight excluding hydrogens is 663 g/mol. The minimum Gasteiger partial charge on any atom is -0.436 e. The van der Waals surface area contributed by atoms with Gasteiger partial charge in [-0.25, -0.2) is 9.59 Å². The molecule has 3 aliphatic rings. The fourth-order valence-electron chi connectivity index (χ4n) is 6.67. The molecule has 3 aliphatic heterocycles. The maximum atomic E-state index is 14.0. The average molecular weight is 700 g/mol. The van der Waals surface area contributed by atoms with Crippen LogP contribution in [0.15, 0.2) is 60.9 Å². The van der Waals surface area contributed by atoms with Gasteiger partial charge in [-0.2, -0.15) is 13.2 Å². The lowest BCUT2D eigenvalue weighted by molar-refractivity contribution is -0.141. The van der Waals surface area contributed by atoms with Gasteiger partial charge >= 0.3 is 18.3 Å². The molecule has 1 aromatic heterocycles. The first-order valence-electron chi connectivity index (χ1n) is 16.1. The standard InChI is InChI=1S/C34H37ClF3N7O4/c1-39-30-26(34(36,37)38)18-22(19-27(30)35)20-29(31(46)43-16-14-42(15-17-43)24-6-10-40-11-7-24)49-33(48)44-12-8-25(9-13-44)45-21-23-4-2-3-5-28(23)41-32(45)47/h2-7,10-11,18-19,25,29,39H,8-9,12-17,20-21H2,1H3,(H,41,47)/t29-/m1/s1. The van der Waals surface area contributed by atoms with E-state index in [0.29, 0.717) is 45.6 Å². The third-order valence-corrected chi connectivity index (χ3v) is 9.59. The van der Waals surface area contributed by atoms with Crippen LogP contribution in [0.3, 0.4) is 0 Å². The second-order valence-electron chi connectivity index (χ2n) is 12.3. The average Bonchev–Trinajstić information content (AvgIpc) is 3.10. The van der Waals surface area contributed by atoms with Crippen molar-refractivity contribution in [3.05, 3.63) is 82.6 Å². The summed E-state index contributed by atoms with van der Waals surface area (Å²) in [6, 6.07) is 13.3. The number of piperidine rings is 1. The van der Waals surface area contributed by atoms with Crippen LogP contribution in [-0.4, -0.2) is 96.2 Å². The van der Waals surface area contributed by atoms with Gasteiger partial charge in [-0.05, 0) is 54.3 Å². The summed E-state index contributed by atoms with van der Waals surface area (Å²) in [7, 11) is 1.34. The minimum absolute atomic E-state index is 0.105. The van der Waals surface area contributed by atoms with Crippen molar-refractivity contribution < 1.29 is 32.3 Å². The lowest BCUT2D eigenvalue weighted by atomic mass is 10.0. The Morgan fingerprint density at radius 2 is 1.71 bits per heavy atom. The maximum Gasteiger partial charge on any atom is 0.418 e. The van der Waals surface area contributed by atoms with Gasteiger partial charge in [-0.15, -0.1) is 0 Å². The van der Waals surface area contributed by atoms with E-state index in [1.165, 1.54) is 18.0 Å². The van der Waals surface area contributed by atoms with Gasteiger partial charge in [0.05, 0.1) is 16.3 Å². The molecule has 0 saturated carbocycles. The van der Waals surface area contributed by atoms with E-state index in [9.17, 15) is 27.6 Å². The molecule has 0 unspecified atom stereocenters. The Morgan fingerprint density at radius 3 is 2.39 bits per heavy atom. The molecule has 2 fully saturated rings. The molecule has 4 heterocycles. The van der Waals surface area contributed by atoms with Crippen molar-refractivity contribution in [3.8, 4) is 0 Å². The van der Waals surface area contributed by atoms with Crippen LogP contribution in [0.2, 0.25) is 5.02 Å². The molecule has 2 aromatic carbocycles. The third kappa shape index (κ3) is 7.64. The van der Waals surface area contributed by atoms with Gasteiger partial charge in [0, 0.05) is 89.1 Å². The molecule has 260 valence electrons. The Balaban J connectivity index is 1.16. The first-order valence-corrected chi connectivity index (χ1v) is 16.5. The zero-order chi connectivity index (χ0) is 34.7. The van der Waals surface area contributed by atoms with Crippen LogP contribution in [0.4, 0.5) is 39.8 Å². The van der Waals surface area contributed by atoms with E-state index in [1.807, 2.05) is 36.4 Å². The smallest absolute Gasteiger partial charge is 0.418 e. The molecule has 6 rings (SSSR count). The van der Waals surface area contributed by atoms with Crippen LogP contribution in [-0.2, 0) is 28.7 Å². The number of pyridine rings is 1. The van der Waals surface area contributed by atoms with E-state index in [1.54, 1.807) is 22.2 Å². The number of urea groups is 1. The first kappa shape index (κ1) is 34.2. The van der Waals surface area contributed by atoms with Crippen LogP contribution in [0, 0.1) is 0 Å². The van der Waals surface area contributed by atoms with E-state index in [0.717, 1.165) is 23.0 Å². The maximum absolute atomic E-state index is 14.0. The molecule has 0 radical (unpaired) electrons. The zero-order valence-electron chi connectivity index (χ0n) is 26.9. The van der Waals surface area contributed by atoms with Crippen LogP contribution < -0.4 is 15.5 Å². The molecule has 4 amide bonds. The highest BCUT2D eigenvalue weighted by molar-refractivity contribution is 6.33. The molecule has 15 heteroatoms. The number of hydrogen-bond donors (Lipinski definition) is 2. The van der Waals surface area contributed by atoms with E-state index in [-0.39, 0.29) is 47.9 Å². The number of anilines is 3. The lowest BCUT2D eigenvalue weighted by Crippen LogP contribution is -2.54. The Labute approximate surface area is 286 Å². The number of amides is 4. The molecular formula is C34H37ClF3N7O4. The molecule has 11 nitrogen and oxygen atoms in total. The number of likely N-dealkylation sites (tertiary alicyclic amines) is 1. The number of halogens is 4. The fourth-order valence-corrected chi connectivity index (χ4v) is 7.01. The molecule has 0 spiro atoms. The molecule has 49 heavy (non-hydrogen) atoms. The summed E-state index contributed by atoms with van der Waals surface area (Å²) >= 11 is 6.25. The number of carbonyl (C=O) groups is 3. The number of ether oxygens (including phenoxy) is 1. The highest BCUT2D eigenvalue weighted by Gasteiger charge is 2.38. The number of nitrogens with zero attached hydrogens (tertiary/aromatic N) is 5. The van der Waals surface area contributed by atoms with Gasteiger partial charge in [-0.1, -0.05) is 29.8 Å². The summed E-state index contributed by atoms with van der Waals surface area (Å²) in [5, 5.41) is 5.25. The summed E-state index contributed by atoms with van der Waals surface area (Å²) < 4.78 is 47.7. The van der Waals surface area contributed by atoms with Gasteiger partial charge in [0.1, 0.15) is 0 Å². The third-order valence-electron chi connectivity index (χ3n) is 9.29. The van der Waals surface area contributed by atoms with Crippen molar-refractivity contribution >= 4 is 46.7 Å². The quantitative estimate of drug-likeness (QED) is 0.326. The highest BCUT2D eigenvalue weighted by Crippen LogP contribution is 2.40. The van der Waals surface area contributed by atoms with Crippen LogP contribution in [0.25, 0.3) is 0 Å². The summed E-state index contributed by atoms with van der Waals surface area (Å²) in [5.41, 5.74) is 1.59. The number of para-hydroxylation sites is 1. The number of benzene rings is 2. The summed E-state index contributed by atoms with van der Waals surface area (Å²) in [6.45, 7) is 2.70. The van der Waals surface area contributed by atoms with Crippen LogP contribution >= 0.6 is 11.6 Å². The van der Waals surface area contributed by atoms with Gasteiger partial charge < -0.3 is 35.0 Å². The van der Waals surface area contributed by atoms with E-state index in [2.05, 4.69) is 20.5 Å². The second-order valence-corrected chi connectivity index (χ2v) is 12.7. The van der Waals surface area contributed by atoms with Crippen molar-refractivity contribution in [1.29, 1.82) is 0 Å². The van der Waals surface area contributed by atoms with Gasteiger partial charge in [0.25, 0.3) is 5.91 Å². The SMILES string of the molecule is CNc1c(Cl)cc(C[C@@H](OC(=O)N2CCC(N3Cc4ccccc4NC3=O)CC2)C(=O)N2CCN(c3ccncc3)CC2)cc1C(F)(F)F. The van der Waals surface area contributed by atoms with Gasteiger partial charge in [0.15, 0.2) is 6.10 Å². The zero-order valence-corrected chi connectivity index (χ0v) is 27.6. The number of aromatic nitrogens is 1. The molecule has 0 bridgehead atoms. The molecule has 3 aromatic rings. The second kappa shape index (κ2) is 14.4. The Kier molecular flexibility index (Phi) is 10.0. The minimum atomic E-state index is -4.71. The van der Waals surface area contributed by atoms with Crippen molar-refractivity contribution in [1.82, 2.24) is 19.7 Å². The number of piperazine rings is 1. The molecule has 0 aliphatic carbocycles. The fraction of sp³-hybridized carbons (Fsp3) is 0.412. The Morgan fingerprint density at radius 1 is 1.02 bits per heavy atom. The molecule has 2 saturated heterocycles. The monoisotopic (exact) mass is 699 g/mol. The van der Waals surface area contributed by atoms with Crippen molar-refractivity contribution in [2.45, 2.75) is 44.1 Å². The van der Waals surface area contributed by atoms with E-state index in [4.69, 9.17) is 16.3 Å². The number of carbonyl (C=O) groups excluding carboxylic acids is 3. The highest BCUT2D eigenvalue weighted by atomic mass is 35.5. The van der Waals surface area contributed by atoms with Crippen molar-refractivity contribution in [3.63, 3.8) is 0 Å². The lowest BCUT2D eigenvalue weighted by Gasteiger charge is -2.40. The van der Waals surface area contributed by atoms with Gasteiger partial charge in [-0.3, -0.25) is 9.78 Å². The summed E-state index contributed by atoms with van der Waals surface area (Å²) in [5.74, 6) is -0.497. The van der Waals surface area contributed by atoms with E-state index >= 15 is 0 Å². The summed E-state index contributed by atoms with van der Waals surface area (Å²) in [6.07, 6.45) is -2.78. The Hall–Kier alpha value is -4.72. The van der Waals surface area contributed by atoms with Crippen molar-refractivity contribution in [2.75, 3.05) is 61.8 Å². The van der Waals surface area contributed by atoms with Gasteiger partial charge in [0.2, 0.25) is 0 Å². The van der Waals surface area contributed by atoms with E-state index < -0.39 is 29.8 Å². The Bertz CT molecular complexity index is 1680. The topological polar surface area (TPSA) is 110 Å². The number of fused-ring (bicyclic) bond motifs is 1. The number of nitrogens with one attached hydrogen (secondary N) is 2. The first-order chi connectivity index (χ1) is 23.5. The van der Waals surface area contributed by atoms with Crippen LogP contribution in [0.5, 0.6) is 0 Å². The van der Waals surface area contributed by atoms with Crippen LogP contribution in [0.1, 0.15) is 29.5 Å². The number of hydrogen-bond acceptors (Lipinski definition) is 7. The van der Waals surface area contributed by atoms with Crippen molar-refractivity contribution in [2.24, 2.45) is 0 Å². The predicted octanol–water partition coefficient (Wildman–Crippen LogP) is 5.70. The normalized spacial score (nSPS) is 17.7. The molecule has 2 N–H and O–H groups in total. The molecule has 1 atom stereocenters. The predicted molar refractivity (Wildman–Crippen MR) is 179 cm³/mol. The summed E-state index contributed by atoms with van der Waals surface area (Å²) in [4.78, 5) is 51.3. The number of alkyl halides is 3.